The van der Waals surface area contributed by atoms with Crippen molar-refractivity contribution in [3.63, 3.8) is 0 Å². The van der Waals surface area contributed by atoms with Crippen LogP contribution >= 0.6 is 0 Å². The van der Waals surface area contributed by atoms with Crippen LogP contribution in [0.15, 0.2) is 35.3 Å². The Morgan fingerprint density at radius 2 is 2.00 bits per heavy atom. The molecular formula is C22H33N5O2. The number of urea groups is 1. The molecule has 3 unspecified atom stereocenters. The first-order valence-corrected chi connectivity index (χ1v) is 10.5. The Hall–Kier alpha value is -2.57. The molecule has 1 aromatic rings. The Labute approximate surface area is 173 Å². The summed E-state index contributed by atoms with van der Waals surface area (Å²) in [6, 6.07) is 9.79. The van der Waals surface area contributed by atoms with Gasteiger partial charge in [-0.15, -0.1) is 0 Å². The van der Waals surface area contributed by atoms with E-state index in [2.05, 4.69) is 24.2 Å². The molecule has 29 heavy (non-hydrogen) atoms. The van der Waals surface area contributed by atoms with Gasteiger partial charge in [-0.3, -0.25) is 9.69 Å². The van der Waals surface area contributed by atoms with Gasteiger partial charge in [0.2, 0.25) is 5.91 Å². The Morgan fingerprint density at radius 3 is 2.62 bits per heavy atom. The molecule has 1 saturated heterocycles. The number of aliphatic imine (C=N–C) groups is 1. The Bertz CT molecular complexity index is 779. The number of rotatable bonds is 5. The second kappa shape index (κ2) is 8.43. The van der Waals surface area contributed by atoms with Crippen molar-refractivity contribution in [2.24, 2.45) is 22.6 Å². The zero-order valence-electron chi connectivity index (χ0n) is 17.9. The molecule has 0 bridgehead atoms. The van der Waals surface area contributed by atoms with E-state index in [0.717, 1.165) is 12.0 Å². The molecule has 0 aliphatic carbocycles. The van der Waals surface area contributed by atoms with Gasteiger partial charge < -0.3 is 16.0 Å². The van der Waals surface area contributed by atoms with Crippen LogP contribution in [0.4, 0.5) is 4.79 Å². The summed E-state index contributed by atoms with van der Waals surface area (Å²) in [6.45, 7) is 9.89. The van der Waals surface area contributed by atoms with E-state index in [1.807, 2.05) is 49.1 Å². The van der Waals surface area contributed by atoms with Crippen LogP contribution in [0.2, 0.25) is 0 Å². The number of nitrogens with zero attached hydrogens (tertiary/aromatic N) is 3. The first-order chi connectivity index (χ1) is 13.7. The monoisotopic (exact) mass is 399 g/mol. The molecule has 7 nitrogen and oxygen atoms in total. The van der Waals surface area contributed by atoms with E-state index in [4.69, 9.17) is 5.73 Å². The minimum Gasteiger partial charge on any atom is -0.369 e. The number of benzene rings is 1. The summed E-state index contributed by atoms with van der Waals surface area (Å²) in [5, 5.41) is 3.06. The topological polar surface area (TPSA) is 91.0 Å². The largest absolute Gasteiger partial charge is 0.369 e. The van der Waals surface area contributed by atoms with Gasteiger partial charge in [0, 0.05) is 19.6 Å². The summed E-state index contributed by atoms with van der Waals surface area (Å²) >= 11 is 0. The van der Waals surface area contributed by atoms with E-state index < -0.39 is 5.54 Å². The third-order valence-electron chi connectivity index (χ3n) is 6.35. The van der Waals surface area contributed by atoms with E-state index in [1.165, 1.54) is 0 Å². The van der Waals surface area contributed by atoms with Crippen LogP contribution in [0.1, 0.15) is 52.1 Å². The molecule has 0 aromatic heterocycles. The third kappa shape index (κ3) is 4.71. The van der Waals surface area contributed by atoms with Crippen molar-refractivity contribution in [3.8, 4) is 0 Å². The quantitative estimate of drug-likeness (QED) is 0.797. The molecule has 0 saturated carbocycles. The normalized spacial score (nSPS) is 25.9. The number of nitrogens with two attached hydrogens (primary N) is 1. The van der Waals surface area contributed by atoms with Crippen molar-refractivity contribution in [1.29, 1.82) is 0 Å². The molecule has 0 radical (unpaired) electrons. The predicted molar refractivity (Wildman–Crippen MR) is 114 cm³/mol. The summed E-state index contributed by atoms with van der Waals surface area (Å²) in [4.78, 5) is 33.4. The number of carbonyl (C=O) groups is 2. The van der Waals surface area contributed by atoms with Gasteiger partial charge in [0.15, 0.2) is 5.96 Å². The smallest absolute Gasteiger partial charge is 0.317 e. The van der Waals surface area contributed by atoms with Gasteiger partial charge in [-0.1, -0.05) is 44.2 Å². The van der Waals surface area contributed by atoms with Crippen LogP contribution in [-0.4, -0.2) is 52.9 Å². The predicted octanol–water partition coefficient (Wildman–Crippen LogP) is 2.74. The molecule has 3 rings (SSSR count). The number of guanidine groups is 1. The maximum atomic E-state index is 12.7. The summed E-state index contributed by atoms with van der Waals surface area (Å²) in [7, 11) is 0. The van der Waals surface area contributed by atoms with Crippen molar-refractivity contribution >= 4 is 17.9 Å². The second-order valence-electron chi connectivity index (χ2n) is 8.85. The van der Waals surface area contributed by atoms with Gasteiger partial charge in [0.25, 0.3) is 0 Å². The van der Waals surface area contributed by atoms with Crippen molar-refractivity contribution in [2.45, 2.75) is 52.1 Å². The molecule has 0 spiro atoms. The van der Waals surface area contributed by atoms with Gasteiger partial charge in [0.1, 0.15) is 0 Å². The van der Waals surface area contributed by atoms with E-state index in [1.54, 1.807) is 4.90 Å². The third-order valence-corrected chi connectivity index (χ3v) is 6.35. The Balaban J connectivity index is 1.56. The molecule has 158 valence electrons. The van der Waals surface area contributed by atoms with Crippen molar-refractivity contribution < 1.29 is 9.59 Å². The van der Waals surface area contributed by atoms with Crippen LogP contribution in [-0.2, 0) is 4.79 Å². The zero-order valence-corrected chi connectivity index (χ0v) is 17.9. The lowest BCUT2D eigenvalue weighted by atomic mass is 9.84. The number of hydrogen-bond donors (Lipinski definition) is 2. The number of carbonyl (C=O) groups excluding carboxylic acids is 2. The highest BCUT2D eigenvalue weighted by atomic mass is 16.2. The van der Waals surface area contributed by atoms with Crippen LogP contribution in [0.25, 0.3) is 0 Å². The Morgan fingerprint density at radius 1 is 1.31 bits per heavy atom. The standard InChI is InChI=1S/C22H33N5O2/c1-15(2)22(4)12-19(28)27(20(23)25-22)14-17-10-11-26(13-17)21(29)24-16(3)18-8-6-5-7-9-18/h5-9,15-17H,10-14H2,1-4H3,(H2,23,25)(H,24,29). The number of hydrogen-bond acceptors (Lipinski definition) is 4. The average Bonchev–Trinajstić information content (AvgIpc) is 3.14. The van der Waals surface area contributed by atoms with Crippen LogP contribution < -0.4 is 11.1 Å². The first kappa shape index (κ1) is 21.1. The molecule has 2 aliphatic rings. The fourth-order valence-corrected chi connectivity index (χ4v) is 3.95. The summed E-state index contributed by atoms with van der Waals surface area (Å²) in [5.74, 6) is 0.769. The Kier molecular flexibility index (Phi) is 6.15. The molecule has 1 fully saturated rings. The summed E-state index contributed by atoms with van der Waals surface area (Å²) in [5.41, 5.74) is 6.79. The number of amides is 3. The van der Waals surface area contributed by atoms with Crippen LogP contribution in [0.5, 0.6) is 0 Å². The molecular weight excluding hydrogens is 366 g/mol. The van der Waals surface area contributed by atoms with Crippen molar-refractivity contribution in [2.75, 3.05) is 19.6 Å². The van der Waals surface area contributed by atoms with E-state index in [9.17, 15) is 9.59 Å². The second-order valence-corrected chi connectivity index (χ2v) is 8.85. The van der Waals surface area contributed by atoms with Gasteiger partial charge >= 0.3 is 6.03 Å². The van der Waals surface area contributed by atoms with Crippen molar-refractivity contribution in [1.82, 2.24) is 15.1 Å². The van der Waals surface area contributed by atoms with Gasteiger partial charge in [0.05, 0.1) is 18.0 Å². The first-order valence-electron chi connectivity index (χ1n) is 10.5. The van der Waals surface area contributed by atoms with Crippen LogP contribution in [0.3, 0.4) is 0 Å². The highest BCUT2D eigenvalue weighted by Gasteiger charge is 2.39. The molecule has 3 N–H and O–H groups in total. The molecule has 2 aliphatic heterocycles. The van der Waals surface area contributed by atoms with E-state index >= 15 is 0 Å². The lowest BCUT2D eigenvalue weighted by molar-refractivity contribution is -0.130. The summed E-state index contributed by atoms with van der Waals surface area (Å²) < 4.78 is 0. The molecule has 3 amide bonds. The SMILES string of the molecule is CC(NC(=O)N1CCC(CN2C(=O)CC(C)(C(C)C)N=C2N)C1)c1ccccc1. The molecule has 7 heteroatoms. The van der Waals surface area contributed by atoms with Gasteiger partial charge in [-0.25, -0.2) is 9.79 Å². The maximum Gasteiger partial charge on any atom is 0.317 e. The lowest BCUT2D eigenvalue weighted by Gasteiger charge is -2.38. The summed E-state index contributed by atoms with van der Waals surface area (Å²) in [6.07, 6.45) is 1.22. The molecule has 2 heterocycles. The maximum absolute atomic E-state index is 12.7. The highest BCUT2D eigenvalue weighted by molar-refractivity contribution is 5.99. The fraction of sp³-hybridized carbons (Fsp3) is 0.591. The minimum atomic E-state index is -0.438. The number of likely N-dealkylation sites (tertiary alicyclic amines) is 1. The van der Waals surface area contributed by atoms with E-state index in [-0.39, 0.29) is 29.8 Å². The molecule has 3 atom stereocenters. The fourth-order valence-electron chi connectivity index (χ4n) is 3.95. The zero-order chi connectivity index (χ0) is 21.2. The minimum absolute atomic E-state index is 0.0225. The highest BCUT2D eigenvalue weighted by Crippen LogP contribution is 2.30. The molecule has 1 aromatic carbocycles. The average molecular weight is 400 g/mol. The lowest BCUT2D eigenvalue weighted by Crippen LogP contribution is -2.53. The van der Waals surface area contributed by atoms with Crippen molar-refractivity contribution in [3.05, 3.63) is 35.9 Å². The van der Waals surface area contributed by atoms with Gasteiger partial charge in [-0.2, -0.15) is 0 Å². The van der Waals surface area contributed by atoms with Crippen LogP contribution in [0, 0.1) is 11.8 Å². The number of nitrogens with one attached hydrogen (secondary N) is 1. The van der Waals surface area contributed by atoms with E-state index in [0.29, 0.717) is 32.0 Å². The van der Waals surface area contributed by atoms with Gasteiger partial charge in [-0.05, 0) is 37.7 Å².